The van der Waals surface area contributed by atoms with Gasteiger partial charge in [-0.2, -0.15) is 0 Å². The molecule has 0 saturated carbocycles. The Bertz CT molecular complexity index is 1880. The summed E-state index contributed by atoms with van der Waals surface area (Å²) < 4.78 is 2.20. The Balaban J connectivity index is 1.54. The fraction of sp³-hybridized carbons (Fsp3) is 0.0303. The maximum absolute atomic E-state index is 4.64. The van der Waals surface area contributed by atoms with E-state index in [0.717, 1.165) is 27.9 Å². The Hall–Kier alpha value is -4.76. The predicted molar refractivity (Wildman–Crippen MR) is 149 cm³/mol. The van der Waals surface area contributed by atoms with Crippen LogP contribution in [0.1, 0.15) is 5.56 Å². The van der Waals surface area contributed by atoms with Crippen molar-refractivity contribution in [3.05, 3.63) is 127 Å². The van der Waals surface area contributed by atoms with Crippen molar-refractivity contribution >= 4 is 27.3 Å². The van der Waals surface area contributed by atoms with Crippen molar-refractivity contribution in [3.8, 4) is 33.6 Å². The van der Waals surface area contributed by atoms with Crippen molar-refractivity contribution in [1.29, 1.82) is 0 Å². The summed E-state index contributed by atoms with van der Waals surface area (Å²) in [6.45, 7) is 2.10. The van der Waals surface area contributed by atoms with E-state index in [1.807, 2.05) is 0 Å². The third-order valence-corrected chi connectivity index (χ3v) is 6.99. The number of aryl methyl sites for hydroxylation is 1. The minimum absolute atomic E-state index is 0.859. The SMILES string of the molecule is Cc1ccc(-c2nnc3c4ccccc4c4cc(-c5ccccc5-c5ccccc5)ccc4n23)cc1. The molecule has 0 amide bonds. The Morgan fingerprint density at radius 2 is 1.14 bits per heavy atom. The van der Waals surface area contributed by atoms with E-state index in [0.29, 0.717) is 0 Å². The highest BCUT2D eigenvalue weighted by Crippen LogP contribution is 2.37. The molecule has 170 valence electrons. The van der Waals surface area contributed by atoms with Crippen LogP contribution in [0.4, 0.5) is 0 Å². The third-order valence-electron chi connectivity index (χ3n) is 6.99. The van der Waals surface area contributed by atoms with Crippen LogP contribution in [-0.4, -0.2) is 14.6 Å². The molecule has 2 heterocycles. The highest BCUT2D eigenvalue weighted by molar-refractivity contribution is 6.13. The van der Waals surface area contributed by atoms with Crippen LogP contribution < -0.4 is 0 Å². The van der Waals surface area contributed by atoms with Gasteiger partial charge < -0.3 is 0 Å². The molecule has 0 atom stereocenters. The summed E-state index contributed by atoms with van der Waals surface area (Å²) in [5.41, 5.74) is 9.12. The van der Waals surface area contributed by atoms with Crippen molar-refractivity contribution in [2.24, 2.45) is 0 Å². The van der Waals surface area contributed by atoms with Gasteiger partial charge in [0.2, 0.25) is 0 Å². The molecule has 36 heavy (non-hydrogen) atoms. The van der Waals surface area contributed by atoms with E-state index in [1.165, 1.54) is 38.6 Å². The lowest BCUT2D eigenvalue weighted by atomic mass is 9.93. The Morgan fingerprint density at radius 1 is 0.500 bits per heavy atom. The van der Waals surface area contributed by atoms with Gasteiger partial charge in [0.25, 0.3) is 0 Å². The Kier molecular flexibility index (Phi) is 4.68. The minimum atomic E-state index is 0.859. The molecular weight excluding hydrogens is 438 g/mol. The van der Waals surface area contributed by atoms with Crippen molar-refractivity contribution in [2.75, 3.05) is 0 Å². The Morgan fingerprint density at radius 3 is 1.92 bits per heavy atom. The molecule has 0 bridgehead atoms. The molecule has 7 rings (SSSR count). The highest BCUT2D eigenvalue weighted by atomic mass is 15.2. The van der Waals surface area contributed by atoms with Crippen molar-refractivity contribution in [1.82, 2.24) is 14.6 Å². The van der Waals surface area contributed by atoms with Crippen LogP contribution in [0.15, 0.2) is 121 Å². The first kappa shape index (κ1) is 20.6. The lowest BCUT2D eigenvalue weighted by molar-refractivity contribution is 1.12. The molecule has 0 unspecified atom stereocenters. The second kappa shape index (κ2) is 8.17. The smallest absolute Gasteiger partial charge is 0.169 e. The van der Waals surface area contributed by atoms with Gasteiger partial charge in [-0.05, 0) is 46.7 Å². The molecule has 0 aliphatic rings. The summed E-state index contributed by atoms with van der Waals surface area (Å²) in [7, 11) is 0. The number of pyridine rings is 1. The van der Waals surface area contributed by atoms with E-state index in [1.54, 1.807) is 0 Å². The molecule has 0 aliphatic heterocycles. The van der Waals surface area contributed by atoms with Gasteiger partial charge in [-0.1, -0.05) is 115 Å². The molecule has 0 radical (unpaired) electrons. The quantitative estimate of drug-likeness (QED) is 0.248. The monoisotopic (exact) mass is 461 g/mol. The number of nitrogens with zero attached hydrogens (tertiary/aromatic N) is 3. The van der Waals surface area contributed by atoms with Gasteiger partial charge in [0.05, 0.1) is 5.52 Å². The number of hydrogen-bond donors (Lipinski definition) is 0. The lowest BCUT2D eigenvalue weighted by Crippen LogP contribution is -1.95. The second-order valence-electron chi connectivity index (χ2n) is 9.24. The first-order valence-corrected chi connectivity index (χ1v) is 12.2. The first-order chi connectivity index (χ1) is 17.8. The molecule has 5 aromatic carbocycles. The molecule has 0 N–H and O–H groups in total. The predicted octanol–water partition coefficient (Wildman–Crippen LogP) is 8.35. The topological polar surface area (TPSA) is 30.2 Å². The minimum Gasteiger partial charge on any atom is -0.274 e. The van der Waals surface area contributed by atoms with Crippen LogP contribution in [0.2, 0.25) is 0 Å². The van der Waals surface area contributed by atoms with E-state index < -0.39 is 0 Å². The van der Waals surface area contributed by atoms with Gasteiger partial charge in [-0.25, -0.2) is 0 Å². The van der Waals surface area contributed by atoms with E-state index in [9.17, 15) is 0 Å². The fourth-order valence-corrected chi connectivity index (χ4v) is 5.21. The van der Waals surface area contributed by atoms with Gasteiger partial charge in [-0.15, -0.1) is 10.2 Å². The maximum atomic E-state index is 4.64. The normalized spacial score (nSPS) is 11.5. The van der Waals surface area contributed by atoms with Gasteiger partial charge >= 0.3 is 0 Å². The van der Waals surface area contributed by atoms with Crippen LogP contribution >= 0.6 is 0 Å². The Labute approximate surface area is 209 Å². The zero-order chi connectivity index (χ0) is 24.1. The van der Waals surface area contributed by atoms with E-state index in [-0.39, 0.29) is 0 Å². The van der Waals surface area contributed by atoms with Crippen molar-refractivity contribution in [2.45, 2.75) is 6.92 Å². The van der Waals surface area contributed by atoms with Gasteiger partial charge in [-0.3, -0.25) is 4.40 Å². The van der Waals surface area contributed by atoms with Crippen LogP contribution in [-0.2, 0) is 0 Å². The molecule has 0 aliphatic carbocycles. The van der Waals surface area contributed by atoms with Crippen LogP contribution in [0.3, 0.4) is 0 Å². The average molecular weight is 462 g/mol. The average Bonchev–Trinajstić information content (AvgIpc) is 3.39. The van der Waals surface area contributed by atoms with Crippen LogP contribution in [0, 0.1) is 6.92 Å². The van der Waals surface area contributed by atoms with Crippen molar-refractivity contribution < 1.29 is 0 Å². The van der Waals surface area contributed by atoms with Gasteiger partial charge in [0.15, 0.2) is 11.5 Å². The zero-order valence-corrected chi connectivity index (χ0v) is 19.9. The number of hydrogen-bond acceptors (Lipinski definition) is 2. The van der Waals surface area contributed by atoms with Crippen LogP contribution in [0.25, 0.3) is 61.0 Å². The fourth-order valence-electron chi connectivity index (χ4n) is 5.21. The zero-order valence-electron chi connectivity index (χ0n) is 19.9. The summed E-state index contributed by atoms with van der Waals surface area (Å²) in [6, 6.07) is 43.0. The molecule has 3 heteroatoms. The summed E-state index contributed by atoms with van der Waals surface area (Å²) >= 11 is 0. The molecule has 2 aromatic heterocycles. The summed E-state index contributed by atoms with van der Waals surface area (Å²) in [6.07, 6.45) is 0. The molecule has 7 aromatic rings. The standard InChI is InChI=1S/C33H23N3/c1-22-15-17-24(18-16-22)32-34-35-33-29-14-8-7-13-28(29)30-21-25(19-20-31(30)36(32)33)27-12-6-5-11-26(27)23-9-3-2-4-10-23/h2-21H,1H3. The maximum Gasteiger partial charge on any atom is 0.169 e. The second-order valence-corrected chi connectivity index (χ2v) is 9.24. The largest absolute Gasteiger partial charge is 0.274 e. The van der Waals surface area contributed by atoms with Gasteiger partial charge in [0.1, 0.15) is 0 Å². The van der Waals surface area contributed by atoms with E-state index in [4.69, 9.17) is 0 Å². The number of aromatic nitrogens is 3. The molecule has 0 saturated heterocycles. The van der Waals surface area contributed by atoms with Gasteiger partial charge in [0, 0.05) is 16.3 Å². The first-order valence-electron chi connectivity index (χ1n) is 12.2. The summed E-state index contributed by atoms with van der Waals surface area (Å²) in [5.74, 6) is 0.859. The summed E-state index contributed by atoms with van der Waals surface area (Å²) in [5, 5.41) is 12.8. The van der Waals surface area contributed by atoms with E-state index >= 15 is 0 Å². The molecule has 3 nitrogen and oxygen atoms in total. The van der Waals surface area contributed by atoms with Crippen molar-refractivity contribution in [3.63, 3.8) is 0 Å². The number of benzene rings is 5. The third kappa shape index (κ3) is 3.21. The number of rotatable bonds is 3. The summed E-state index contributed by atoms with van der Waals surface area (Å²) in [4.78, 5) is 0. The molecular formula is C33H23N3. The number of fused-ring (bicyclic) bond motifs is 6. The highest BCUT2D eigenvalue weighted by Gasteiger charge is 2.17. The van der Waals surface area contributed by atoms with E-state index in [2.05, 4.69) is 143 Å². The lowest BCUT2D eigenvalue weighted by Gasteiger charge is -2.14. The molecule has 0 fully saturated rings. The van der Waals surface area contributed by atoms with Crippen LogP contribution in [0.5, 0.6) is 0 Å². The molecule has 0 spiro atoms.